The molecule has 0 radical (unpaired) electrons. The van der Waals surface area contributed by atoms with Crippen molar-refractivity contribution in [1.82, 2.24) is 49.6 Å². The summed E-state index contributed by atoms with van der Waals surface area (Å²) in [6.45, 7) is 0. The van der Waals surface area contributed by atoms with Crippen molar-refractivity contribution >= 4 is 11.6 Å². The minimum Gasteiger partial charge on any atom is -0.497 e. The Morgan fingerprint density at radius 3 is 1.59 bits per heavy atom. The fraction of sp³-hybridized carbons (Fsp3) is 0.238. The summed E-state index contributed by atoms with van der Waals surface area (Å²) in [6.07, 6.45) is 7.52. The minimum atomic E-state index is -0.173. The van der Waals surface area contributed by atoms with Crippen molar-refractivity contribution in [2.45, 2.75) is 36.5 Å². The lowest BCUT2D eigenvalue weighted by Gasteiger charge is -2.14. The number of fused-ring (bicyclic) bond motifs is 2. The third kappa shape index (κ3) is 6.18. The molecule has 8 aromatic rings. The van der Waals surface area contributed by atoms with Crippen LogP contribution in [0.5, 0.6) is 23.0 Å². The van der Waals surface area contributed by atoms with Gasteiger partial charge in [0.05, 0.1) is 57.4 Å². The van der Waals surface area contributed by atoms with Crippen molar-refractivity contribution in [1.29, 1.82) is 0 Å². The van der Waals surface area contributed by atoms with Gasteiger partial charge in [0, 0.05) is 11.1 Å². The number of hydrogen-bond acceptors (Lipinski definition) is 12. The topological polar surface area (TPSA) is 149 Å². The van der Waals surface area contributed by atoms with Crippen LogP contribution in [0.2, 0.25) is 0 Å². The Morgan fingerprint density at radius 2 is 1.04 bits per heavy atom. The summed E-state index contributed by atoms with van der Waals surface area (Å²) in [5, 5.41) is 26.8. The number of aromatic nitrogens is 10. The monoisotopic (exact) mass is 746 g/mol. The molecular formula is C42H38N10O4. The zero-order valence-corrected chi connectivity index (χ0v) is 31.3. The van der Waals surface area contributed by atoms with E-state index in [9.17, 15) is 0 Å². The summed E-state index contributed by atoms with van der Waals surface area (Å²) < 4.78 is 24.6. The van der Waals surface area contributed by atoms with Crippen LogP contribution in [0.15, 0.2) is 109 Å². The van der Waals surface area contributed by atoms with Gasteiger partial charge < -0.3 is 18.9 Å². The molecule has 0 amide bonds. The number of ether oxygens (including phenoxy) is 4. The second-order valence-corrected chi connectivity index (χ2v) is 13.8. The molecule has 14 heteroatoms. The highest BCUT2D eigenvalue weighted by atomic mass is 16.5. The van der Waals surface area contributed by atoms with Crippen molar-refractivity contribution in [2.75, 3.05) is 28.4 Å². The van der Waals surface area contributed by atoms with Gasteiger partial charge in [-0.2, -0.15) is 19.2 Å². The van der Waals surface area contributed by atoms with E-state index in [-0.39, 0.29) is 10.8 Å². The lowest BCUT2D eigenvalue weighted by atomic mass is 9.95. The second kappa shape index (κ2) is 14.0. The number of benzene rings is 4. The molecule has 10 rings (SSSR count). The number of rotatable bonds is 10. The molecule has 4 aromatic heterocycles. The molecule has 2 saturated carbocycles. The first-order valence-electron chi connectivity index (χ1n) is 18.2. The Bertz CT molecular complexity index is 2650. The minimum absolute atomic E-state index is 0.151. The molecule has 2 fully saturated rings. The second-order valence-electron chi connectivity index (χ2n) is 13.8. The van der Waals surface area contributed by atoms with E-state index < -0.39 is 0 Å². The Balaban J connectivity index is 0.000000146. The molecule has 4 heterocycles. The van der Waals surface area contributed by atoms with Gasteiger partial charge in [0.1, 0.15) is 28.7 Å². The Hall–Kier alpha value is -6.96. The quantitative estimate of drug-likeness (QED) is 0.149. The number of methoxy groups -OCH3 is 4. The van der Waals surface area contributed by atoms with Crippen molar-refractivity contribution in [3.05, 3.63) is 132 Å². The molecule has 0 aliphatic heterocycles. The summed E-state index contributed by atoms with van der Waals surface area (Å²) >= 11 is 0. The smallest absolute Gasteiger partial charge is 0.272 e. The maximum Gasteiger partial charge on any atom is 0.272 e. The van der Waals surface area contributed by atoms with E-state index in [4.69, 9.17) is 24.0 Å². The molecule has 0 unspecified atom stereocenters. The Kier molecular flexibility index (Phi) is 8.72. The summed E-state index contributed by atoms with van der Waals surface area (Å²) in [5.41, 5.74) is 5.45. The molecule has 2 aliphatic carbocycles. The highest BCUT2D eigenvalue weighted by molar-refractivity contribution is 5.62. The first kappa shape index (κ1) is 34.8. The van der Waals surface area contributed by atoms with Crippen LogP contribution in [0.25, 0.3) is 34.1 Å². The van der Waals surface area contributed by atoms with Crippen LogP contribution in [0, 0.1) is 0 Å². The predicted molar refractivity (Wildman–Crippen MR) is 207 cm³/mol. The molecule has 0 saturated heterocycles. The van der Waals surface area contributed by atoms with Crippen molar-refractivity contribution < 1.29 is 18.9 Å². The first-order chi connectivity index (χ1) is 27.5. The molecular weight excluding hydrogens is 709 g/mol. The van der Waals surface area contributed by atoms with Gasteiger partial charge in [-0.1, -0.05) is 36.4 Å². The van der Waals surface area contributed by atoms with E-state index in [2.05, 4.69) is 59.7 Å². The van der Waals surface area contributed by atoms with Crippen LogP contribution >= 0.6 is 0 Å². The predicted octanol–water partition coefficient (Wildman–Crippen LogP) is 6.57. The van der Waals surface area contributed by atoms with Gasteiger partial charge in [0.15, 0.2) is 11.6 Å². The van der Waals surface area contributed by atoms with Gasteiger partial charge in [-0.05, 0) is 97.5 Å². The van der Waals surface area contributed by atoms with Crippen LogP contribution in [0.3, 0.4) is 0 Å². The summed E-state index contributed by atoms with van der Waals surface area (Å²) in [5.74, 6) is 5.93. The third-order valence-electron chi connectivity index (χ3n) is 10.7. The van der Waals surface area contributed by atoms with E-state index in [1.165, 1.54) is 11.1 Å². The largest absolute Gasteiger partial charge is 0.497 e. The lowest BCUT2D eigenvalue weighted by Crippen LogP contribution is -2.15. The van der Waals surface area contributed by atoms with Crippen molar-refractivity contribution in [3.8, 4) is 45.5 Å². The normalized spacial score (nSPS) is 14.8. The van der Waals surface area contributed by atoms with Gasteiger partial charge in [0.25, 0.3) is 11.6 Å². The SMILES string of the molecule is COc1ccc(-c2cnn3c(C4(c5ccc(OC)cc5)CC4)nnc3n2)cc1.COc1ccc(C2(c3nnc4ncc(-c5cccc(OC)c5)nn34)CC2)cc1. The van der Waals surface area contributed by atoms with Crippen LogP contribution in [0.1, 0.15) is 48.5 Å². The maximum absolute atomic E-state index is 5.32. The Labute approximate surface area is 322 Å². The molecule has 4 aromatic carbocycles. The molecule has 0 atom stereocenters. The van der Waals surface area contributed by atoms with Crippen molar-refractivity contribution in [3.63, 3.8) is 0 Å². The van der Waals surface area contributed by atoms with Crippen LogP contribution in [-0.2, 0) is 10.8 Å². The number of hydrogen-bond donors (Lipinski definition) is 0. The van der Waals surface area contributed by atoms with E-state index in [0.717, 1.165) is 82.8 Å². The standard InChI is InChI=1S/2C21H19N5O2/c1-27-16-7-3-14(4-8-16)18-13-22-26-19(24-25-20(26)23-18)21(11-12-21)15-5-9-17(28-2)10-6-15;1-27-16-8-6-15(7-9-16)21(10-11-21)19-23-24-20-22-13-18(25-26(19)20)14-4-3-5-17(12-14)28-2/h3-10,13H,11-12H2,1-2H3;3-9,12-13H,10-11H2,1-2H3. The van der Waals surface area contributed by atoms with E-state index in [1.54, 1.807) is 49.9 Å². The van der Waals surface area contributed by atoms with Crippen LogP contribution in [-0.4, -0.2) is 78.0 Å². The molecule has 0 spiro atoms. The van der Waals surface area contributed by atoms with Gasteiger partial charge in [-0.3, -0.25) is 0 Å². The van der Waals surface area contributed by atoms with E-state index in [1.807, 2.05) is 72.8 Å². The Morgan fingerprint density at radius 1 is 0.500 bits per heavy atom. The van der Waals surface area contributed by atoms with Crippen LogP contribution in [0.4, 0.5) is 0 Å². The zero-order chi connectivity index (χ0) is 38.3. The molecule has 2 aliphatic rings. The average molecular weight is 747 g/mol. The van der Waals surface area contributed by atoms with Crippen LogP contribution < -0.4 is 18.9 Å². The van der Waals surface area contributed by atoms with E-state index >= 15 is 0 Å². The van der Waals surface area contributed by atoms with E-state index in [0.29, 0.717) is 11.6 Å². The van der Waals surface area contributed by atoms with Crippen molar-refractivity contribution in [2.24, 2.45) is 0 Å². The maximum atomic E-state index is 5.32. The molecule has 0 N–H and O–H groups in total. The average Bonchev–Trinajstić information content (AvgIpc) is 4.17. The third-order valence-corrected chi connectivity index (χ3v) is 10.7. The fourth-order valence-corrected chi connectivity index (χ4v) is 7.16. The summed E-state index contributed by atoms with van der Waals surface area (Å²) in [7, 11) is 6.64. The fourth-order valence-electron chi connectivity index (χ4n) is 7.16. The van der Waals surface area contributed by atoms with Gasteiger partial charge in [-0.15, -0.1) is 20.4 Å². The van der Waals surface area contributed by atoms with Gasteiger partial charge in [0.2, 0.25) is 0 Å². The summed E-state index contributed by atoms with van der Waals surface area (Å²) in [6, 6.07) is 31.8. The molecule has 280 valence electrons. The molecule has 56 heavy (non-hydrogen) atoms. The lowest BCUT2D eigenvalue weighted by molar-refractivity contribution is 0.414. The molecule has 0 bridgehead atoms. The zero-order valence-electron chi connectivity index (χ0n) is 31.3. The van der Waals surface area contributed by atoms with Gasteiger partial charge >= 0.3 is 0 Å². The first-order valence-corrected chi connectivity index (χ1v) is 18.2. The highest BCUT2D eigenvalue weighted by Gasteiger charge is 2.51. The number of nitrogens with zero attached hydrogens (tertiary/aromatic N) is 10. The summed E-state index contributed by atoms with van der Waals surface area (Å²) in [4.78, 5) is 9.11. The highest BCUT2D eigenvalue weighted by Crippen LogP contribution is 2.53. The van der Waals surface area contributed by atoms with Gasteiger partial charge in [-0.25, -0.2) is 9.97 Å². The molecule has 14 nitrogen and oxygen atoms in total.